The number of hydrogen-bond acceptors (Lipinski definition) is 7. The van der Waals surface area contributed by atoms with Crippen LogP contribution in [-0.4, -0.2) is 22.3 Å². The smallest absolute Gasteiger partial charge is 0.223 e. The average Bonchev–Trinajstić information content (AvgIpc) is 3.26. The van der Waals surface area contributed by atoms with Crippen LogP contribution in [0.2, 0.25) is 0 Å². The largest absolute Gasteiger partial charge is 0.402 e. The van der Waals surface area contributed by atoms with Crippen molar-refractivity contribution in [3.63, 3.8) is 0 Å². The van der Waals surface area contributed by atoms with Gasteiger partial charge in [-0.1, -0.05) is 19.1 Å². The van der Waals surface area contributed by atoms with E-state index in [0.29, 0.717) is 28.5 Å². The fourth-order valence-corrected chi connectivity index (χ4v) is 3.31. The zero-order valence-corrected chi connectivity index (χ0v) is 18.7. The number of aromatic nitrogens is 2. The maximum Gasteiger partial charge on any atom is 0.223 e. The molecule has 0 bridgehead atoms. The molecule has 0 saturated carbocycles. The van der Waals surface area contributed by atoms with E-state index in [2.05, 4.69) is 22.2 Å². The summed E-state index contributed by atoms with van der Waals surface area (Å²) < 4.78 is 0. The number of Topliss-reactive ketones (excluding diaryl/α,β-unsaturated/α-hetero) is 1. The third-order valence-electron chi connectivity index (χ3n) is 4.48. The number of hydrogen-bond donors (Lipinski definition) is 3. The van der Waals surface area contributed by atoms with Crippen molar-refractivity contribution in [3.8, 4) is 11.3 Å². The van der Waals surface area contributed by atoms with Gasteiger partial charge in [0.15, 0.2) is 5.78 Å². The van der Waals surface area contributed by atoms with Crippen molar-refractivity contribution in [2.45, 2.75) is 34.1 Å². The van der Waals surface area contributed by atoms with Crippen LogP contribution in [0.4, 0.5) is 5.95 Å². The Morgan fingerprint density at radius 1 is 1.17 bits per heavy atom. The highest BCUT2D eigenvalue weighted by atomic mass is 32.1. The summed E-state index contributed by atoms with van der Waals surface area (Å²) in [4.78, 5) is 21.6. The molecule has 0 saturated heterocycles. The zero-order valence-electron chi connectivity index (χ0n) is 17.9. The summed E-state index contributed by atoms with van der Waals surface area (Å²) in [7, 11) is 0. The van der Waals surface area contributed by atoms with E-state index in [9.17, 15) is 4.79 Å². The minimum Gasteiger partial charge on any atom is -0.402 e. The Labute approximate surface area is 182 Å². The van der Waals surface area contributed by atoms with Crippen molar-refractivity contribution in [2.24, 2.45) is 11.5 Å². The van der Waals surface area contributed by atoms with Gasteiger partial charge in [-0.2, -0.15) is 11.3 Å². The number of thiophene rings is 1. The van der Waals surface area contributed by atoms with Gasteiger partial charge in [0.05, 0.1) is 5.69 Å². The molecule has 0 aliphatic heterocycles. The van der Waals surface area contributed by atoms with Crippen LogP contribution in [0.15, 0.2) is 75.4 Å². The maximum absolute atomic E-state index is 12.9. The molecule has 2 aromatic heterocycles. The van der Waals surface area contributed by atoms with Crippen LogP contribution in [0.1, 0.15) is 34.1 Å². The molecule has 0 fully saturated rings. The quantitative estimate of drug-likeness (QED) is 0.403. The van der Waals surface area contributed by atoms with Gasteiger partial charge in [-0.05, 0) is 61.9 Å². The highest BCUT2D eigenvalue weighted by molar-refractivity contribution is 7.08. The maximum atomic E-state index is 12.9. The SMILES string of the molecule is CC/C=C(C)/C(N)=C\C=C(/C)C(=O)/C(CNc1nccc(-c2ccsc2)n1)=C(/C)N. The van der Waals surface area contributed by atoms with Gasteiger partial charge in [-0.25, -0.2) is 9.97 Å². The number of rotatable bonds is 9. The van der Waals surface area contributed by atoms with E-state index < -0.39 is 0 Å². The molecule has 0 atom stereocenters. The first kappa shape index (κ1) is 23.1. The summed E-state index contributed by atoms with van der Waals surface area (Å²) in [6.45, 7) is 7.69. The number of anilines is 1. The molecule has 2 rings (SSSR count). The van der Waals surface area contributed by atoms with Crippen LogP contribution in [0.25, 0.3) is 11.3 Å². The fourth-order valence-electron chi connectivity index (χ4n) is 2.67. The Kier molecular flexibility index (Phi) is 8.55. The third kappa shape index (κ3) is 6.42. The van der Waals surface area contributed by atoms with Crippen molar-refractivity contribution in [2.75, 3.05) is 11.9 Å². The van der Waals surface area contributed by atoms with E-state index in [4.69, 9.17) is 11.5 Å². The second-order valence-electron chi connectivity index (χ2n) is 6.89. The third-order valence-corrected chi connectivity index (χ3v) is 5.17. The Hall–Kier alpha value is -3.19. The van der Waals surface area contributed by atoms with E-state index in [1.807, 2.05) is 35.9 Å². The summed E-state index contributed by atoms with van der Waals surface area (Å²) in [5, 5.41) is 7.13. The Morgan fingerprint density at radius 3 is 2.57 bits per heavy atom. The Morgan fingerprint density at radius 2 is 1.93 bits per heavy atom. The highest BCUT2D eigenvalue weighted by Crippen LogP contribution is 2.20. The van der Waals surface area contributed by atoms with Crippen LogP contribution in [0.3, 0.4) is 0 Å². The predicted octanol–water partition coefficient (Wildman–Crippen LogP) is 4.56. The van der Waals surface area contributed by atoms with Crippen LogP contribution in [0.5, 0.6) is 0 Å². The topological polar surface area (TPSA) is 107 Å². The van der Waals surface area contributed by atoms with Crippen molar-refractivity contribution >= 4 is 23.1 Å². The van der Waals surface area contributed by atoms with Gasteiger partial charge in [0.25, 0.3) is 0 Å². The first-order valence-corrected chi connectivity index (χ1v) is 10.7. The number of carbonyl (C=O) groups is 1. The zero-order chi connectivity index (χ0) is 22.1. The number of nitrogens with two attached hydrogens (primary N) is 2. The predicted molar refractivity (Wildman–Crippen MR) is 126 cm³/mol. The van der Waals surface area contributed by atoms with E-state index in [1.54, 1.807) is 43.5 Å². The lowest BCUT2D eigenvalue weighted by atomic mass is 10.0. The van der Waals surface area contributed by atoms with E-state index in [1.165, 1.54) is 0 Å². The lowest BCUT2D eigenvalue weighted by Gasteiger charge is -2.11. The molecule has 30 heavy (non-hydrogen) atoms. The second kappa shape index (κ2) is 11.1. The molecular weight excluding hydrogens is 394 g/mol. The fraction of sp³-hybridized carbons (Fsp3) is 0.261. The molecule has 0 aromatic carbocycles. The molecule has 2 aromatic rings. The lowest BCUT2D eigenvalue weighted by molar-refractivity contribution is -0.112. The van der Waals surface area contributed by atoms with Gasteiger partial charge in [0.1, 0.15) is 0 Å². The van der Waals surface area contributed by atoms with E-state index in [-0.39, 0.29) is 12.3 Å². The standard InChI is InChI=1S/C23H29N5OS/c1-5-6-15(2)20(25)8-7-16(3)22(29)19(17(4)24)13-27-23-26-11-9-21(28-23)18-10-12-30-14-18/h6-12,14H,5,13,24-25H2,1-4H3,(H,26,27,28)/b15-6+,16-7+,19-17-,20-8+. The number of allylic oxidation sites excluding steroid dienone is 6. The first-order valence-electron chi connectivity index (χ1n) is 9.74. The molecule has 0 aliphatic carbocycles. The van der Waals surface area contributed by atoms with Crippen LogP contribution >= 0.6 is 11.3 Å². The van der Waals surface area contributed by atoms with Crippen molar-refractivity contribution in [1.29, 1.82) is 0 Å². The number of nitrogens with one attached hydrogen (secondary N) is 1. The Balaban J connectivity index is 2.13. The molecule has 6 nitrogen and oxygen atoms in total. The van der Waals surface area contributed by atoms with Gasteiger partial charge < -0.3 is 16.8 Å². The van der Waals surface area contributed by atoms with Crippen molar-refractivity contribution in [1.82, 2.24) is 9.97 Å². The molecule has 0 amide bonds. The monoisotopic (exact) mass is 423 g/mol. The summed E-state index contributed by atoms with van der Waals surface area (Å²) >= 11 is 1.61. The summed E-state index contributed by atoms with van der Waals surface area (Å²) in [5.41, 5.74) is 17.0. The van der Waals surface area contributed by atoms with Gasteiger partial charge in [0, 0.05) is 40.7 Å². The van der Waals surface area contributed by atoms with Crippen molar-refractivity contribution in [3.05, 3.63) is 75.4 Å². The number of ketones is 1. The molecule has 0 spiro atoms. The highest BCUT2D eigenvalue weighted by Gasteiger charge is 2.14. The van der Waals surface area contributed by atoms with E-state index in [0.717, 1.165) is 23.3 Å². The van der Waals surface area contributed by atoms with Crippen LogP contribution < -0.4 is 16.8 Å². The molecule has 2 heterocycles. The van der Waals surface area contributed by atoms with Crippen molar-refractivity contribution < 1.29 is 4.79 Å². The molecule has 0 aliphatic rings. The summed E-state index contributed by atoms with van der Waals surface area (Å²) in [5.74, 6) is 0.300. The minimum atomic E-state index is -0.141. The average molecular weight is 424 g/mol. The Bertz CT molecular complexity index is 996. The lowest BCUT2D eigenvalue weighted by Crippen LogP contribution is -2.19. The number of nitrogens with zero attached hydrogens (tertiary/aromatic N) is 2. The molecular formula is C23H29N5OS. The summed E-state index contributed by atoms with van der Waals surface area (Å²) in [6.07, 6.45) is 8.11. The van der Waals surface area contributed by atoms with Gasteiger partial charge in [-0.3, -0.25) is 4.79 Å². The summed E-state index contributed by atoms with van der Waals surface area (Å²) in [6, 6.07) is 3.85. The normalized spacial score (nSPS) is 13.8. The molecule has 0 unspecified atom stereocenters. The molecule has 7 heteroatoms. The minimum absolute atomic E-state index is 0.141. The van der Waals surface area contributed by atoms with Crippen LogP contribution in [0, 0.1) is 0 Å². The molecule has 0 radical (unpaired) electrons. The van der Waals surface area contributed by atoms with Gasteiger partial charge >= 0.3 is 0 Å². The van der Waals surface area contributed by atoms with Gasteiger partial charge in [-0.15, -0.1) is 0 Å². The van der Waals surface area contributed by atoms with Crippen LogP contribution in [-0.2, 0) is 4.79 Å². The first-order chi connectivity index (χ1) is 14.3. The second-order valence-corrected chi connectivity index (χ2v) is 7.67. The van der Waals surface area contributed by atoms with E-state index >= 15 is 0 Å². The molecule has 5 N–H and O–H groups in total. The number of carbonyl (C=O) groups excluding carboxylic acids is 1. The van der Waals surface area contributed by atoms with Gasteiger partial charge in [0.2, 0.25) is 5.95 Å². The molecule has 158 valence electrons.